The van der Waals surface area contributed by atoms with Crippen molar-refractivity contribution in [1.82, 2.24) is 4.90 Å². The highest BCUT2D eigenvalue weighted by Crippen LogP contribution is 2.24. The quantitative estimate of drug-likeness (QED) is 0.904. The summed E-state index contributed by atoms with van der Waals surface area (Å²) < 4.78 is 5.56. The molecule has 21 heavy (non-hydrogen) atoms. The predicted octanol–water partition coefficient (Wildman–Crippen LogP) is 2.12. The Hall–Kier alpha value is -1.59. The molecule has 1 saturated heterocycles. The molecule has 1 fully saturated rings. The second kappa shape index (κ2) is 8.00. The number of hydrogen-bond donors (Lipinski definition) is 1. The molecule has 2 rings (SSSR count). The topological polar surface area (TPSA) is 66.8 Å². The molecule has 0 bridgehead atoms. The summed E-state index contributed by atoms with van der Waals surface area (Å²) in [7, 11) is 0. The number of carboxylic acid groups (broad SMARTS) is 1. The first-order chi connectivity index (χ1) is 9.63. The van der Waals surface area contributed by atoms with Crippen LogP contribution in [0, 0.1) is 5.92 Å². The van der Waals surface area contributed by atoms with Gasteiger partial charge in [0.05, 0.1) is 5.92 Å². The van der Waals surface area contributed by atoms with Crippen LogP contribution in [-0.2, 0) is 14.3 Å². The van der Waals surface area contributed by atoms with Crippen molar-refractivity contribution < 1.29 is 19.4 Å². The molecule has 1 aliphatic heterocycles. The minimum atomic E-state index is -0.840. The van der Waals surface area contributed by atoms with Gasteiger partial charge in [-0.25, -0.2) is 0 Å². The number of hydrogen-bond acceptors (Lipinski definition) is 3. The van der Waals surface area contributed by atoms with Gasteiger partial charge in [-0.15, -0.1) is 12.4 Å². The van der Waals surface area contributed by atoms with E-state index in [2.05, 4.69) is 0 Å². The first kappa shape index (κ1) is 17.5. The fourth-order valence-electron chi connectivity index (χ4n) is 2.43. The molecule has 1 aromatic rings. The van der Waals surface area contributed by atoms with Gasteiger partial charge in [-0.1, -0.05) is 30.3 Å². The number of likely N-dealkylation sites (tertiary alicyclic amines) is 1. The van der Waals surface area contributed by atoms with E-state index in [0.29, 0.717) is 19.6 Å². The largest absolute Gasteiger partial charge is 0.481 e. The average molecular weight is 314 g/mol. The van der Waals surface area contributed by atoms with Crippen LogP contribution in [0.15, 0.2) is 30.3 Å². The van der Waals surface area contributed by atoms with Gasteiger partial charge in [0.1, 0.15) is 0 Å². The summed E-state index contributed by atoms with van der Waals surface area (Å²) in [5.74, 6) is -1.45. The molecule has 1 heterocycles. The van der Waals surface area contributed by atoms with Crippen molar-refractivity contribution in [3.8, 4) is 0 Å². The monoisotopic (exact) mass is 313 g/mol. The molecular weight excluding hydrogens is 294 g/mol. The normalized spacial score (nSPS) is 18.9. The molecule has 6 heteroatoms. The SMILES string of the molecule is CCOC(C(=O)N1CCC(C(=O)O)C1)c1ccccc1.Cl. The number of carbonyl (C=O) groups is 2. The van der Waals surface area contributed by atoms with Gasteiger partial charge in [-0.05, 0) is 18.9 Å². The smallest absolute Gasteiger partial charge is 0.308 e. The number of carbonyl (C=O) groups excluding carboxylic acids is 1. The van der Waals surface area contributed by atoms with Crippen molar-refractivity contribution in [1.29, 1.82) is 0 Å². The molecule has 1 amide bonds. The van der Waals surface area contributed by atoms with E-state index in [1.54, 1.807) is 4.90 Å². The highest BCUT2D eigenvalue weighted by molar-refractivity contribution is 5.85. The molecular formula is C15H20ClNO4. The third-order valence-electron chi connectivity index (χ3n) is 3.51. The summed E-state index contributed by atoms with van der Waals surface area (Å²) in [6.45, 7) is 3.02. The third kappa shape index (κ3) is 4.19. The van der Waals surface area contributed by atoms with Gasteiger partial charge in [-0.3, -0.25) is 9.59 Å². The maximum atomic E-state index is 12.5. The van der Waals surface area contributed by atoms with Gasteiger partial charge in [0.15, 0.2) is 6.10 Å². The lowest BCUT2D eigenvalue weighted by Gasteiger charge is -2.23. The van der Waals surface area contributed by atoms with Crippen LogP contribution in [0.1, 0.15) is 25.0 Å². The molecule has 1 N–H and O–H groups in total. The summed E-state index contributed by atoms with van der Waals surface area (Å²) in [4.78, 5) is 25.1. The molecule has 5 nitrogen and oxygen atoms in total. The van der Waals surface area contributed by atoms with E-state index >= 15 is 0 Å². The van der Waals surface area contributed by atoms with Gasteiger partial charge in [0.2, 0.25) is 0 Å². The second-order valence-corrected chi connectivity index (χ2v) is 4.85. The minimum Gasteiger partial charge on any atom is -0.481 e. The zero-order valence-corrected chi connectivity index (χ0v) is 12.7. The van der Waals surface area contributed by atoms with Crippen molar-refractivity contribution in [2.45, 2.75) is 19.4 Å². The van der Waals surface area contributed by atoms with E-state index in [0.717, 1.165) is 5.56 Å². The summed E-state index contributed by atoms with van der Waals surface area (Å²) in [5.41, 5.74) is 0.804. The molecule has 116 valence electrons. The van der Waals surface area contributed by atoms with E-state index < -0.39 is 18.0 Å². The molecule has 0 aliphatic carbocycles. The van der Waals surface area contributed by atoms with Crippen molar-refractivity contribution in [2.24, 2.45) is 5.92 Å². The van der Waals surface area contributed by atoms with Crippen LogP contribution >= 0.6 is 12.4 Å². The fourth-order valence-corrected chi connectivity index (χ4v) is 2.43. The van der Waals surface area contributed by atoms with Gasteiger partial charge in [0.25, 0.3) is 5.91 Å². The first-order valence-electron chi connectivity index (χ1n) is 6.81. The Morgan fingerprint density at radius 3 is 2.57 bits per heavy atom. The first-order valence-corrected chi connectivity index (χ1v) is 6.81. The lowest BCUT2D eigenvalue weighted by atomic mass is 10.1. The summed E-state index contributed by atoms with van der Waals surface area (Å²) >= 11 is 0. The van der Waals surface area contributed by atoms with Gasteiger partial charge in [-0.2, -0.15) is 0 Å². The molecule has 1 aromatic carbocycles. The van der Waals surface area contributed by atoms with Crippen molar-refractivity contribution in [3.05, 3.63) is 35.9 Å². The number of rotatable bonds is 5. The highest BCUT2D eigenvalue weighted by atomic mass is 35.5. The van der Waals surface area contributed by atoms with Crippen molar-refractivity contribution in [3.63, 3.8) is 0 Å². The number of amides is 1. The predicted molar refractivity (Wildman–Crippen MR) is 80.4 cm³/mol. The van der Waals surface area contributed by atoms with Crippen LogP contribution in [0.3, 0.4) is 0 Å². The molecule has 0 saturated carbocycles. The van der Waals surface area contributed by atoms with E-state index in [-0.39, 0.29) is 24.9 Å². The van der Waals surface area contributed by atoms with Crippen LogP contribution < -0.4 is 0 Å². The summed E-state index contributed by atoms with van der Waals surface area (Å²) in [6, 6.07) is 9.30. The zero-order valence-electron chi connectivity index (χ0n) is 11.9. The Kier molecular flexibility index (Phi) is 6.65. The number of halogens is 1. The van der Waals surface area contributed by atoms with Gasteiger partial charge < -0.3 is 14.7 Å². The van der Waals surface area contributed by atoms with Crippen LogP contribution in [0.25, 0.3) is 0 Å². The molecule has 1 aliphatic rings. The van der Waals surface area contributed by atoms with Crippen molar-refractivity contribution >= 4 is 24.3 Å². The van der Waals surface area contributed by atoms with E-state index in [1.807, 2.05) is 37.3 Å². The number of ether oxygens (including phenoxy) is 1. The summed E-state index contributed by atoms with van der Waals surface area (Å²) in [5, 5.41) is 9.00. The molecule has 2 atom stereocenters. The number of nitrogens with zero attached hydrogens (tertiary/aromatic N) is 1. The number of aliphatic carboxylic acids is 1. The average Bonchev–Trinajstić information content (AvgIpc) is 2.95. The minimum absolute atomic E-state index is 0. The molecule has 2 unspecified atom stereocenters. The number of benzene rings is 1. The fraction of sp³-hybridized carbons (Fsp3) is 0.467. The zero-order chi connectivity index (χ0) is 14.5. The maximum absolute atomic E-state index is 12.5. The second-order valence-electron chi connectivity index (χ2n) is 4.85. The van der Waals surface area contributed by atoms with E-state index in [9.17, 15) is 9.59 Å². The van der Waals surface area contributed by atoms with Gasteiger partial charge in [0, 0.05) is 19.7 Å². The standard InChI is InChI=1S/C15H19NO4.ClH/c1-2-20-13(11-6-4-3-5-7-11)14(17)16-9-8-12(10-16)15(18)19;/h3-7,12-13H,2,8-10H2,1H3,(H,18,19);1H. The molecule has 0 aromatic heterocycles. The summed E-state index contributed by atoms with van der Waals surface area (Å²) in [6.07, 6.45) is -0.136. The lowest BCUT2D eigenvalue weighted by molar-refractivity contribution is -0.144. The lowest BCUT2D eigenvalue weighted by Crippen LogP contribution is -2.35. The Morgan fingerprint density at radius 2 is 2.05 bits per heavy atom. The Morgan fingerprint density at radius 1 is 1.38 bits per heavy atom. The Bertz CT molecular complexity index is 480. The maximum Gasteiger partial charge on any atom is 0.308 e. The number of carboxylic acids is 1. The Labute approximate surface area is 130 Å². The molecule has 0 spiro atoms. The van der Waals surface area contributed by atoms with Crippen LogP contribution in [0.2, 0.25) is 0 Å². The van der Waals surface area contributed by atoms with E-state index in [4.69, 9.17) is 9.84 Å². The van der Waals surface area contributed by atoms with Crippen molar-refractivity contribution in [2.75, 3.05) is 19.7 Å². The Balaban J connectivity index is 0.00000220. The van der Waals surface area contributed by atoms with Crippen LogP contribution in [0.5, 0.6) is 0 Å². The third-order valence-corrected chi connectivity index (χ3v) is 3.51. The molecule has 0 radical (unpaired) electrons. The van der Waals surface area contributed by atoms with Gasteiger partial charge >= 0.3 is 5.97 Å². The van der Waals surface area contributed by atoms with Crippen LogP contribution in [0.4, 0.5) is 0 Å². The van der Waals surface area contributed by atoms with E-state index in [1.165, 1.54) is 0 Å². The van der Waals surface area contributed by atoms with Crippen LogP contribution in [-0.4, -0.2) is 41.6 Å². The highest BCUT2D eigenvalue weighted by Gasteiger charge is 2.34.